The third-order valence-electron chi connectivity index (χ3n) is 6.43. The molecular formula is C29H26BF3O. The smallest absolute Gasteiger partial charge is 0.201 e. The average molecular weight is 458 g/mol. The van der Waals surface area contributed by atoms with Gasteiger partial charge in [-0.25, -0.2) is 8.78 Å². The lowest BCUT2D eigenvalue weighted by Gasteiger charge is -2.22. The lowest BCUT2D eigenvalue weighted by atomic mass is 9.84. The van der Waals surface area contributed by atoms with Crippen molar-refractivity contribution in [2.75, 3.05) is 6.51 Å². The zero-order valence-corrected chi connectivity index (χ0v) is 19.0. The fraction of sp³-hybridized carbons (Fsp3) is 0.241. The van der Waals surface area contributed by atoms with Crippen molar-refractivity contribution in [1.29, 1.82) is 0 Å². The van der Waals surface area contributed by atoms with Crippen LogP contribution in [0.3, 0.4) is 0 Å². The van der Waals surface area contributed by atoms with Gasteiger partial charge in [-0.2, -0.15) is 4.39 Å². The highest BCUT2D eigenvalue weighted by atomic mass is 19.2. The second-order valence-electron chi connectivity index (χ2n) is 8.56. The van der Waals surface area contributed by atoms with Gasteiger partial charge in [-0.1, -0.05) is 48.6 Å². The molecule has 0 amide bonds. The van der Waals surface area contributed by atoms with Crippen LogP contribution in [0.4, 0.5) is 13.2 Å². The van der Waals surface area contributed by atoms with Crippen molar-refractivity contribution in [2.24, 2.45) is 5.92 Å². The second kappa shape index (κ2) is 10.8. The summed E-state index contributed by atoms with van der Waals surface area (Å²) in [6, 6.07) is 14.8. The SMILES string of the molecule is [B]COc1ccc(-c2ccc(-c3ccc(C4=CCC(CCC=C)CC4)cc3F)cc2)c(F)c1F. The molecule has 0 saturated carbocycles. The van der Waals surface area contributed by atoms with E-state index in [-0.39, 0.29) is 23.6 Å². The molecule has 1 aliphatic rings. The fourth-order valence-corrected chi connectivity index (χ4v) is 4.50. The molecule has 3 aromatic carbocycles. The molecule has 0 aromatic heterocycles. The van der Waals surface area contributed by atoms with Gasteiger partial charge in [0, 0.05) is 17.6 Å². The van der Waals surface area contributed by atoms with Crippen molar-refractivity contribution in [2.45, 2.75) is 32.1 Å². The van der Waals surface area contributed by atoms with E-state index < -0.39 is 11.6 Å². The van der Waals surface area contributed by atoms with Crippen LogP contribution in [0, 0.1) is 23.4 Å². The summed E-state index contributed by atoms with van der Waals surface area (Å²) in [6.07, 6.45) is 9.46. The Labute approximate surface area is 200 Å². The van der Waals surface area contributed by atoms with Gasteiger partial charge in [0.05, 0.1) is 0 Å². The molecule has 2 radical (unpaired) electrons. The third kappa shape index (κ3) is 5.14. The largest absolute Gasteiger partial charge is 0.500 e. The number of rotatable bonds is 8. The van der Waals surface area contributed by atoms with Crippen LogP contribution in [0.25, 0.3) is 27.8 Å². The summed E-state index contributed by atoms with van der Waals surface area (Å²) in [4.78, 5) is 0. The van der Waals surface area contributed by atoms with E-state index in [2.05, 4.69) is 12.7 Å². The lowest BCUT2D eigenvalue weighted by Crippen LogP contribution is -2.05. The van der Waals surface area contributed by atoms with Crippen LogP contribution in [-0.4, -0.2) is 14.4 Å². The van der Waals surface area contributed by atoms with Gasteiger partial charge in [0.15, 0.2) is 11.6 Å². The Balaban J connectivity index is 1.52. The highest BCUT2D eigenvalue weighted by Crippen LogP contribution is 2.35. The first-order valence-corrected chi connectivity index (χ1v) is 11.5. The van der Waals surface area contributed by atoms with Crippen LogP contribution in [0.1, 0.15) is 37.7 Å². The molecule has 0 spiro atoms. The zero-order valence-electron chi connectivity index (χ0n) is 19.0. The second-order valence-corrected chi connectivity index (χ2v) is 8.56. The third-order valence-corrected chi connectivity index (χ3v) is 6.43. The summed E-state index contributed by atoms with van der Waals surface area (Å²) >= 11 is 0. The van der Waals surface area contributed by atoms with E-state index in [9.17, 15) is 8.78 Å². The van der Waals surface area contributed by atoms with E-state index in [0.29, 0.717) is 22.6 Å². The summed E-state index contributed by atoms with van der Waals surface area (Å²) in [7, 11) is 5.24. The van der Waals surface area contributed by atoms with Gasteiger partial charge in [0.1, 0.15) is 13.7 Å². The number of benzene rings is 3. The molecule has 0 heterocycles. The lowest BCUT2D eigenvalue weighted by molar-refractivity contribution is 0.352. The molecule has 34 heavy (non-hydrogen) atoms. The summed E-state index contributed by atoms with van der Waals surface area (Å²) in [5, 5.41) is 0. The van der Waals surface area contributed by atoms with Crippen LogP contribution in [0.15, 0.2) is 73.3 Å². The Morgan fingerprint density at radius 3 is 2.21 bits per heavy atom. The minimum atomic E-state index is -1.09. The molecule has 1 unspecified atom stereocenters. The molecule has 1 atom stereocenters. The first-order valence-electron chi connectivity index (χ1n) is 11.5. The predicted octanol–water partition coefficient (Wildman–Crippen LogP) is 8.09. The van der Waals surface area contributed by atoms with Crippen LogP contribution in [0.5, 0.6) is 5.75 Å². The van der Waals surface area contributed by atoms with E-state index >= 15 is 4.39 Å². The average Bonchev–Trinajstić information content (AvgIpc) is 2.86. The van der Waals surface area contributed by atoms with Crippen molar-refractivity contribution in [3.63, 3.8) is 0 Å². The van der Waals surface area contributed by atoms with E-state index in [1.54, 1.807) is 36.4 Å². The highest BCUT2D eigenvalue weighted by molar-refractivity contribution is 6.08. The molecule has 172 valence electrons. The summed E-state index contributed by atoms with van der Waals surface area (Å²) in [6.45, 7) is 3.54. The maximum absolute atomic E-state index is 15.0. The molecule has 0 fully saturated rings. The molecule has 0 bridgehead atoms. The van der Waals surface area contributed by atoms with Crippen LogP contribution < -0.4 is 4.74 Å². The first-order chi connectivity index (χ1) is 16.5. The van der Waals surface area contributed by atoms with Gasteiger partial charge < -0.3 is 4.74 Å². The summed E-state index contributed by atoms with van der Waals surface area (Å²) in [5.74, 6) is -1.96. The van der Waals surface area contributed by atoms with Crippen molar-refractivity contribution < 1.29 is 17.9 Å². The van der Waals surface area contributed by atoms with E-state index in [0.717, 1.165) is 37.7 Å². The molecule has 3 aromatic rings. The molecule has 1 aliphatic carbocycles. The Bertz CT molecular complexity index is 1200. The number of halogens is 3. The Morgan fingerprint density at radius 1 is 0.912 bits per heavy atom. The van der Waals surface area contributed by atoms with Gasteiger partial charge in [-0.3, -0.25) is 0 Å². The van der Waals surface area contributed by atoms with E-state index in [4.69, 9.17) is 12.6 Å². The Hall–Kier alpha value is -3.21. The molecule has 0 N–H and O–H groups in total. The van der Waals surface area contributed by atoms with Crippen molar-refractivity contribution in [1.82, 2.24) is 0 Å². The zero-order chi connectivity index (χ0) is 24.1. The molecule has 5 heteroatoms. The minimum absolute atomic E-state index is 0.0971. The van der Waals surface area contributed by atoms with Crippen molar-refractivity contribution in [3.05, 3.63) is 96.3 Å². The predicted molar refractivity (Wildman–Crippen MR) is 133 cm³/mol. The van der Waals surface area contributed by atoms with Gasteiger partial charge >= 0.3 is 0 Å². The molecule has 0 aliphatic heterocycles. The molecule has 0 saturated heterocycles. The quantitative estimate of drug-likeness (QED) is 0.245. The molecule has 4 rings (SSSR count). The van der Waals surface area contributed by atoms with Crippen molar-refractivity contribution >= 4 is 13.4 Å². The van der Waals surface area contributed by atoms with Crippen LogP contribution in [-0.2, 0) is 0 Å². The minimum Gasteiger partial charge on any atom is -0.500 e. The number of hydrogen-bond donors (Lipinski definition) is 0. The fourth-order valence-electron chi connectivity index (χ4n) is 4.50. The summed E-state index contributed by atoms with van der Waals surface area (Å²) in [5.41, 5.74) is 3.81. The molecule has 1 nitrogen and oxygen atoms in total. The van der Waals surface area contributed by atoms with E-state index in [1.807, 2.05) is 12.1 Å². The normalized spacial score (nSPS) is 15.6. The van der Waals surface area contributed by atoms with Gasteiger partial charge in [-0.05, 0) is 78.5 Å². The molecular weight excluding hydrogens is 432 g/mol. The Kier molecular flexibility index (Phi) is 7.61. The number of ether oxygens (including phenoxy) is 1. The number of hydrogen-bond acceptors (Lipinski definition) is 1. The monoisotopic (exact) mass is 458 g/mol. The maximum atomic E-state index is 15.0. The Morgan fingerprint density at radius 2 is 1.59 bits per heavy atom. The summed E-state index contributed by atoms with van der Waals surface area (Å²) < 4.78 is 48.6. The number of allylic oxidation sites excluding steroid dienone is 3. The van der Waals surface area contributed by atoms with E-state index in [1.165, 1.54) is 17.7 Å². The van der Waals surface area contributed by atoms with Crippen LogP contribution in [0.2, 0.25) is 0 Å². The first kappa shape index (κ1) is 23.9. The van der Waals surface area contributed by atoms with Gasteiger partial charge in [0.25, 0.3) is 0 Å². The highest BCUT2D eigenvalue weighted by Gasteiger charge is 2.18. The van der Waals surface area contributed by atoms with Gasteiger partial charge in [0.2, 0.25) is 5.82 Å². The maximum Gasteiger partial charge on any atom is 0.201 e. The standard InChI is InChI=1S/C29H26BF3O/c1-2-3-4-19-5-7-20(8-6-19)23-13-14-24(26(31)17-23)21-9-11-22(12-10-21)25-15-16-27(34-18-30)29(33)28(25)32/h2,7,9-17,19H,1,3-6,8,18H2. The topological polar surface area (TPSA) is 9.23 Å². The van der Waals surface area contributed by atoms with Crippen LogP contribution >= 0.6 is 0 Å². The van der Waals surface area contributed by atoms with Gasteiger partial charge in [-0.15, -0.1) is 6.58 Å². The van der Waals surface area contributed by atoms with Crippen molar-refractivity contribution in [3.8, 4) is 28.0 Å².